The van der Waals surface area contributed by atoms with Crippen molar-refractivity contribution in [1.82, 2.24) is 20.4 Å². The maximum absolute atomic E-state index is 12.3. The number of aryl methyl sites for hydroxylation is 1. The number of nitrogens with zero attached hydrogens (tertiary/aromatic N) is 3. The molecule has 0 radical (unpaired) electrons. The zero-order chi connectivity index (χ0) is 21.2. The fourth-order valence-corrected chi connectivity index (χ4v) is 3.00. The van der Waals surface area contributed by atoms with E-state index in [0.29, 0.717) is 18.7 Å². The molecule has 7 heteroatoms. The van der Waals surface area contributed by atoms with Gasteiger partial charge < -0.3 is 20.4 Å². The van der Waals surface area contributed by atoms with Gasteiger partial charge in [0.05, 0.1) is 0 Å². The number of hydrogen-bond acceptors (Lipinski definition) is 3. The summed E-state index contributed by atoms with van der Waals surface area (Å²) in [5.41, 5.74) is 4.25. The minimum Gasteiger partial charge on any atom is -0.352 e. The lowest BCUT2D eigenvalue weighted by molar-refractivity contribution is 0.0951. The van der Waals surface area contributed by atoms with Crippen LogP contribution < -0.4 is 10.6 Å². The second-order valence-electron chi connectivity index (χ2n) is 7.44. The number of nitrogens with one attached hydrogen (secondary N) is 2. The van der Waals surface area contributed by atoms with Crippen LogP contribution >= 0.6 is 24.0 Å². The fourth-order valence-electron chi connectivity index (χ4n) is 3.00. The second-order valence-corrected chi connectivity index (χ2v) is 7.44. The van der Waals surface area contributed by atoms with Gasteiger partial charge in [-0.05, 0) is 49.8 Å². The van der Waals surface area contributed by atoms with E-state index in [4.69, 9.17) is 0 Å². The molecule has 30 heavy (non-hydrogen) atoms. The Labute approximate surface area is 197 Å². The zero-order valence-corrected chi connectivity index (χ0v) is 20.9. The lowest BCUT2D eigenvalue weighted by Gasteiger charge is -2.23. The molecular weight excluding hydrogens is 489 g/mol. The molecule has 0 saturated heterocycles. The van der Waals surface area contributed by atoms with Crippen molar-refractivity contribution in [3.05, 3.63) is 70.8 Å². The van der Waals surface area contributed by atoms with Crippen LogP contribution in [0.25, 0.3) is 0 Å². The molecule has 2 aromatic carbocycles. The van der Waals surface area contributed by atoms with Gasteiger partial charge in [0.1, 0.15) is 0 Å². The van der Waals surface area contributed by atoms with Crippen molar-refractivity contribution < 1.29 is 4.79 Å². The second kappa shape index (κ2) is 13.2. The quantitative estimate of drug-likeness (QED) is 0.317. The average Bonchev–Trinajstić information content (AvgIpc) is 2.70. The molecule has 2 N–H and O–H groups in total. The standard InChI is InChI=1S/C23H33N5O.HI/c1-18-9-6-7-11-21(18)17-28(5)23(24-2)26-16-19-10-8-12-20(15-19)22(29)25-13-14-27(3)4;/h6-12,15H,13-14,16-17H2,1-5H3,(H,24,26)(H,25,29);1H. The SMILES string of the molecule is CN=C(NCc1cccc(C(=O)NCCN(C)C)c1)N(C)Cc1ccccc1C.I. The number of carbonyl (C=O) groups is 1. The van der Waals surface area contributed by atoms with Crippen LogP contribution in [-0.2, 0) is 13.1 Å². The van der Waals surface area contributed by atoms with Crippen LogP contribution in [0.15, 0.2) is 53.5 Å². The third-order valence-corrected chi connectivity index (χ3v) is 4.73. The van der Waals surface area contributed by atoms with Gasteiger partial charge in [0.2, 0.25) is 0 Å². The summed E-state index contributed by atoms with van der Waals surface area (Å²) in [5, 5.41) is 6.34. The summed E-state index contributed by atoms with van der Waals surface area (Å²) < 4.78 is 0. The predicted octanol–water partition coefficient (Wildman–Crippen LogP) is 3.11. The van der Waals surface area contributed by atoms with E-state index in [9.17, 15) is 4.79 Å². The van der Waals surface area contributed by atoms with Gasteiger partial charge in [0, 0.05) is 45.8 Å². The molecular formula is C23H34IN5O. The molecule has 0 aliphatic heterocycles. The summed E-state index contributed by atoms with van der Waals surface area (Å²) in [7, 11) is 7.78. The summed E-state index contributed by atoms with van der Waals surface area (Å²) in [5.74, 6) is 0.767. The molecule has 0 fully saturated rings. The highest BCUT2D eigenvalue weighted by Crippen LogP contribution is 2.10. The third-order valence-electron chi connectivity index (χ3n) is 4.73. The van der Waals surface area contributed by atoms with Crippen LogP contribution in [0.5, 0.6) is 0 Å². The monoisotopic (exact) mass is 523 g/mol. The zero-order valence-electron chi connectivity index (χ0n) is 18.6. The maximum atomic E-state index is 12.3. The van der Waals surface area contributed by atoms with E-state index in [1.165, 1.54) is 11.1 Å². The number of rotatable bonds is 8. The highest BCUT2D eigenvalue weighted by Gasteiger charge is 2.09. The molecule has 0 unspecified atom stereocenters. The van der Waals surface area contributed by atoms with E-state index >= 15 is 0 Å². The number of hydrogen-bond donors (Lipinski definition) is 2. The Morgan fingerprint density at radius 3 is 2.43 bits per heavy atom. The summed E-state index contributed by atoms with van der Waals surface area (Å²) in [6.45, 7) is 4.94. The molecule has 0 aromatic heterocycles. The molecule has 1 amide bonds. The van der Waals surface area contributed by atoms with Crippen molar-refractivity contribution in [3.8, 4) is 0 Å². The summed E-state index contributed by atoms with van der Waals surface area (Å²) in [4.78, 5) is 20.9. The first-order valence-electron chi connectivity index (χ1n) is 9.89. The summed E-state index contributed by atoms with van der Waals surface area (Å²) in [6.07, 6.45) is 0. The van der Waals surface area contributed by atoms with Crippen molar-refractivity contribution in [2.24, 2.45) is 4.99 Å². The van der Waals surface area contributed by atoms with Crippen molar-refractivity contribution in [3.63, 3.8) is 0 Å². The van der Waals surface area contributed by atoms with E-state index in [-0.39, 0.29) is 29.9 Å². The van der Waals surface area contributed by atoms with E-state index in [1.54, 1.807) is 7.05 Å². The lowest BCUT2D eigenvalue weighted by atomic mass is 10.1. The van der Waals surface area contributed by atoms with Crippen LogP contribution in [0.1, 0.15) is 27.0 Å². The molecule has 6 nitrogen and oxygen atoms in total. The summed E-state index contributed by atoms with van der Waals surface area (Å²) >= 11 is 0. The largest absolute Gasteiger partial charge is 0.352 e. The smallest absolute Gasteiger partial charge is 0.251 e. The van der Waals surface area contributed by atoms with Gasteiger partial charge >= 0.3 is 0 Å². The predicted molar refractivity (Wildman–Crippen MR) is 136 cm³/mol. The van der Waals surface area contributed by atoms with Gasteiger partial charge in [0.15, 0.2) is 5.96 Å². The number of guanidine groups is 1. The molecule has 0 spiro atoms. The minimum atomic E-state index is -0.0465. The van der Waals surface area contributed by atoms with Crippen molar-refractivity contribution >= 4 is 35.8 Å². The number of amides is 1. The van der Waals surface area contributed by atoms with E-state index in [1.807, 2.05) is 50.3 Å². The van der Waals surface area contributed by atoms with Gasteiger partial charge in [-0.25, -0.2) is 0 Å². The number of benzene rings is 2. The van der Waals surface area contributed by atoms with Crippen LogP contribution in [0.4, 0.5) is 0 Å². The first-order chi connectivity index (χ1) is 13.9. The Kier molecular flexibility index (Phi) is 11.4. The molecule has 0 saturated carbocycles. The van der Waals surface area contributed by atoms with Gasteiger partial charge in [-0.15, -0.1) is 24.0 Å². The molecule has 2 aromatic rings. The van der Waals surface area contributed by atoms with Gasteiger partial charge in [-0.2, -0.15) is 0 Å². The Bertz CT molecular complexity index is 838. The number of likely N-dealkylation sites (N-methyl/N-ethyl adjacent to an activating group) is 1. The van der Waals surface area contributed by atoms with E-state index in [0.717, 1.165) is 24.6 Å². The maximum Gasteiger partial charge on any atom is 0.251 e. The van der Waals surface area contributed by atoms with Gasteiger partial charge in [-0.1, -0.05) is 36.4 Å². The van der Waals surface area contributed by atoms with Crippen LogP contribution in [0.2, 0.25) is 0 Å². The molecule has 2 rings (SSSR count). The number of carbonyl (C=O) groups excluding carboxylic acids is 1. The Balaban J connectivity index is 0.00000450. The topological polar surface area (TPSA) is 60.0 Å². The summed E-state index contributed by atoms with van der Waals surface area (Å²) in [6, 6.07) is 16.1. The average molecular weight is 523 g/mol. The minimum absolute atomic E-state index is 0. The molecule has 0 bridgehead atoms. The molecule has 0 aliphatic rings. The molecule has 0 atom stereocenters. The first kappa shape index (κ1) is 25.9. The van der Waals surface area contributed by atoms with E-state index < -0.39 is 0 Å². The van der Waals surface area contributed by atoms with Crippen LogP contribution in [0, 0.1) is 6.92 Å². The number of aliphatic imine (C=N–C) groups is 1. The lowest BCUT2D eigenvalue weighted by Crippen LogP contribution is -2.38. The van der Waals surface area contributed by atoms with Gasteiger partial charge in [-0.3, -0.25) is 9.79 Å². The highest BCUT2D eigenvalue weighted by atomic mass is 127. The number of halogens is 1. The molecule has 164 valence electrons. The Morgan fingerprint density at radius 1 is 1.03 bits per heavy atom. The van der Waals surface area contributed by atoms with Crippen molar-refractivity contribution in [2.75, 3.05) is 41.3 Å². The first-order valence-corrected chi connectivity index (χ1v) is 9.89. The Morgan fingerprint density at radius 2 is 1.77 bits per heavy atom. The van der Waals surface area contributed by atoms with Crippen LogP contribution in [0.3, 0.4) is 0 Å². The van der Waals surface area contributed by atoms with Crippen molar-refractivity contribution in [2.45, 2.75) is 20.0 Å². The van der Waals surface area contributed by atoms with Gasteiger partial charge in [0.25, 0.3) is 5.91 Å². The van der Waals surface area contributed by atoms with E-state index in [2.05, 4.69) is 51.7 Å². The Hall–Kier alpha value is -2.13. The highest BCUT2D eigenvalue weighted by molar-refractivity contribution is 14.0. The third kappa shape index (κ3) is 8.31. The van der Waals surface area contributed by atoms with Crippen molar-refractivity contribution in [1.29, 1.82) is 0 Å². The fraction of sp³-hybridized carbons (Fsp3) is 0.391. The normalized spacial score (nSPS) is 11.1. The molecule has 0 heterocycles. The van der Waals surface area contributed by atoms with Crippen LogP contribution in [-0.4, -0.2) is 62.9 Å². The molecule has 0 aliphatic carbocycles.